The number of carbonyl (C=O) groups excluding carboxylic acids is 1. The topological polar surface area (TPSA) is 136 Å². The second-order valence-electron chi connectivity index (χ2n) is 10.2. The van der Waals surface area contributed by atoms with Gasteiger partial charge in [-0.25, -0.2) is 14.6 Å². The van der Waals surface area contributed by atoms with Gasteiger partial charge in [-0.1, -0.05) is 17.7 Å². The Balaban J connectivity index is 1.46. The largest absolute Gasteiger partial charge is 0.387 e. The lowest BCUT2D eigenvalue weighted by atomic mass is 9.95. The van der Waals surface area contributed by atoms with Crippen molar-refractivity contribution < 1.29 is 9.90 Å². The van der Waals surface area contributed by atoms with E-state index >= 15 is 0 Å². The number of aliphatic hydroxyl groups excluding tert-OH is 1. The van der Waals surface area contributed by atoms with Crippen LogP contribution in [0.25, 0.3) is 33.3 Å². The molecule has 5 heterocycles. The van der Waals surface area contributed by atoms with E-state index < -0.39 is 6.61 Å². The molecule has 12 nitrogen and oxygen atoms in total. The number of amides is 1. The Kier molecular flexibility index (Phi) is 6.31. The first-order valence-corrected chi connectivity index (χ1v) is 13.2. The van der Waals surface area contributed by atoms with E-state index in [1.165, 1.54) is 0 Å². The zero-order valence-electron chi connectivity index (χ0n) is 22.5. The van der Waals surface area contributed by atoms with Gasteiger partial charge < -0.3 is 15.3 Å². The Morgan fingerprint density at radius 1 is 1.23 bits per heavy atom. The van der Waals surface area contributed by atoms with Gasteiger partial charge in [-0.2, -0.15) is 5.10 Å². The average molecular weight is 562 g/mol. The lowest BCUT2D eigenvalue weighted by Gasteiger charge is -2.39. The monoisotopic (exact) mass is 561 g/mol. The number of hydrogen-bond donors (Lipinski definition) is 2. The molecule has 206 valence electrons. The van der Waals surface area contributed by atoms with Crippen molar-refractivity contribution in [2.24, 2.45) is 14.1 Å². The van der Waals surface area contributed by atoms with Crippen molar-refractivity contribution in [1.82, 2.24) is 39.0 Å². The van der Waals surface area contributed by atoms with Gasteiger partial charge in [0, 0.05) is 49.4 Å². The maximum Gasteiger partial charge on any atom is 0.259 e. The standard InChI is InChI=1S/C27H28ClN9O3/c1-14-7-17(15(2)31-20-5-6-21(28)32-24(20)25-29-13-34(3)33-25)23-18(8-14)27(40)35(4)26-19(23)9-30-37(26)16-10-36(11-16)22(39)12-38/h5-9,13,15-16,31,38H,10-12H2,1-4H3. The van der Waals surface area contributed by atoms with E-state index in [2.05, 4.69) is 31.5 Å². The van der Waals surface area contributed by atoms with Crippen LogP contribution in [0.1, 0.15) is 30.1 Å². The van der Waals surface area contributed by atoms with Gasteiger partial charge >= 0.3 is 0 Å². The van der Waals surface area contributed by atoms with Crippen LogP contribution in [0.15, 0.2) is 41.6 Å². The predicted molar refractivity (Wildman–Crippen MR) is 151 cm³/mol. The first kappa shape index (κ1) is 26.0. The van der Waals surface area contributed by atoms with Crippen LogP contribution in [0.5, 0.6) is 0 Å². The molecular formula is C27H28ClN9O3. The van der Waals surface area contributed by atoms with E-state index in [-0.39, 0.29) is 23.6 Å². The number of nitrogens with zero attached hydrogens (tertiary/aromatic N) is 8. The highest BCUT2D eigenvalue weighted by Crippen LogP contribution is 2.35. The van der Waals surface area contributed by atoms with Crippen molar-refractivity contribution in [2.75, 3.05) is 25.0 Å². The van der Waals surface area contributed by atoms with Crippen molar-refractivity contribution in [2.45, 2.75) is 25.9 Å². The van der Waals surface area contributed by atoms with Crippen molar-refractivity contribution in [3.63, 3.8) is 0 Å². The van der Waals surface area contributed by atoms with E-state index in [4.69, 9.17) is 11.6 Å². The van der Waals surface area contributed by atoms with E-state index in [1.807, 2.05) is 30.7 Å². The highest BCUT2D eigenvalue weighted by molar-refractivity contribution is 6.29. The first-order valence-electron chi connectivity index (χ1n) is 12.8. The quantitative estimate of drug-likeness (QED) is 0.302. The van der Waals surface area contributed by atoms with Crippen LogP contribution in [-0.2, 0) is 18.9 Å². The number of rotatable bonds is 6. The molecule has 0 saturated carbocycles. The fraction of sp³-hybridized carbons (Fsp3) is 0.333. The van der Waals surface area contributed by atoms with E-state index in [0.29, 0.717) is 46.5 Å². The van der Waals surface area contributed by atoms with Crippen molar-refractivity contribution in [3.8, 4) is 11.5 Å². The minimum atomic E-state index is -0.523. The Labute approximate surface area is 233 Å². The third-order valence-corrected chi connectivity index (χ3v) is 7.62. The maximum atomic E-state index is 13.7. The van der Waals surface area contributed by atoms with Gasteiger partial charge in [0.15, 0.2) is 0 Å². The van der Waals surface area contributed by atoms with Crippen molar-refractivity contribution in [1.29, 1.82) is 0 Å². The molecule has 0 spiro atoms. The molecule has 2 N–H and O–H groups in total. The number of aromatic nitrogens is 7. The maximum absolute atomic E-state index is 13.7. The summed E-state index contributed by atoms with van der Waals surface area (Å²) in [6.07, 6.45) is 3.39. The molecule has 1 aliphatic rings. The minimum absolute atomic E-state index is 0.0888. The number of benzene rings is 1. The average Bonchev–Trinajstić information content (AvgIpc) is 3.53. The molecule has 4 aromatic heterocycles. The molecule has 1 fully saturated rings. The summed E-state index contributed by atoms with van der Waals surface area (Å²) >= 11 is 6.22. The first-order chi connectivity index (χ1) is 19.2. The smallest absolute Gasteiger partial charge is 0.259 e. The van der Waals surface area contributed by atoms with Gasteiger partial charge in [0.1, 0.15) is 29.4 Å². The molecule has 0 radical (unpaired) electrons. The Morgan fingerprint density at radius 3 is 2.70 bits per heavy atom. The summed E-state index contributed by atoms with van der Waals surface area (Å²) in [5.74, 6) is 0.127. The Morgan fingerprint density at radius 2 is 2.00 bits per heavy atom. The lowest BCUT2D eigenvalue weighted by molar-refractivity contribution is -0.140. The number of aryl methyl sites for hydroxylation is 3. The molecule has 0 bridgehead atoms. The summed E-state index contributed by atoms with van der Waals surface area (Å²) in [5, 5.41) is 24.4. The van der Waals surface area contributed by atoms with Gasteiger partial charge in [-0.3, -0.25) is 18.8 Å². The van der Waals surface area contributed by atoms with Gasteiger partial charge in [0.25, 0.3) is 5.56 Å². The zero-order valence-corrected chi connectivity index (χ0v) is 23.2. The molecule has 1 amide bonds. The third kappa shape index (κ3) is 4.20. The predicted octanol–water partition coefficient (Wildman–Crippen LogP) is 2.59. The number of fused-ring (bicyclic) bond motifs is 3. The van der Waals surface area contributed by atoms with Crippen LogP contribution >= 0.6 is 11.6 Å². The Hall–Kier alpha value is -4.29. The third-order valence-electron chi connectivity index (χ3n) is 7.41. The number of anilines is 1. The molecule has 0 aliphatic carbocycles. The van der Waals surface area contributed by atoms with Gasteiger partial charge in [0.2, 0.25) is 11.7 Å². The molecule has 1 atom stereocenters. The number of pyridine rings is 2. The fourth-order valence-corrected chi connectivity index (χ4v) is 5.58. The second kappa shape index (κ2) is 9.72. The molecule has 1 aromatic carbocycles. The van der Waals surface area contributed by atoms with E-state index in [9.17, 15) is 14.7 Å². The SMILES string of the molecule is Cc1cc(C(C)Nc2ccc(Cl)nc2-c2ncn(C)n2)c2c(c1)c(=O)n(C)c1c2cnn1C1CN(C(=O)CO)C1. The van der Waals surface area contributed by atoms with Gasteiger partial charge in [-0.05, 0) is 43.2 Å². The summed E-state index contributed by atoms with van der Waals surface area (Å²) < 4.78 is 5.04. The minimum Gasteiger partial charge on any atom is -0.387 e. The highest BCUT2D eigenvalue weighted by atomic mass is 35.5. The summed E-state index contributed by atoms with van der Waals surface area (Å²) in [6.45, 7) is 4.32. The second-order valence-corrected chi connectivity index (χ2v) is 10.6. The molecule has 1 aliphatic heterocycles. The van der Waals surface area contributed by atoms with Crippen molar-refractivity contribution >= 4 is 45.0 Å². The molecule has 1 saturated heterocycles. The lowest BCUT2D eigenvalue weighted by Crippen LogP contribution is -2.52. The number of nitrogens with one attached hydrogen (secondary N) is 1. The number of aliphatic hydroxyl groups is 1. The summed E-state index contributed by atoms with van der Waals surface area (Å²) in [6, 6.07) is 7.20. The number of likely N-dealkylation sites (tertiary alicyclic amines) is 1. The van der Waals surface area contributed by atoms with Crippen LogP contribution in [0.2, 0.25) is 5.15 Å². The van der Waals surface area contributed by atoms with Crippen LogP contribution in [0.3, 0.4) is 0 Å². The van der Waals surface area contributed by atoms with E-state index in [1.54, 1.807) is 46.8 Å². The van der Waals surface area contributed by atoms with Gasteiger partial charge in [-0.15, -0.1) is 5.10 Å². The van der Waals surface area contributed by atoms with Crippen LogP contribution in [0, 0.1) is 6.92 Å². The number of carbonyl (C=O) groups is 1. The summed E-state index contributed by atoms with van der Waals surface area (Å²) in [7, 11) is 3.53. The zero-order chi connectivity index (χ0) is 28.3. The molecular weight excluding hydrogens is 534 g/mol. The normalized spacial score (nSPS) is 14.6. The molecule has 5 aromatic rings. The molecule has 1 unspecified atom stereocenters. The van der Waals surface area contributed by atoms with Crippen molar-refractivity contribution in [3.05, 3.63) is 63.4 Å². The molecule has 6 rings (SSSR count). The van der Waals surface area contributed by atoms with Crippen LogP contribution < -0.4 is 10.9 Å². The molecule has 40 heavy (non-hydrogen) atoms. The number of hydrogen-bond acceptors (Lipinski definition) is 8. The summed E-state index contributed by atoms with van der Waals surface area (Å²) in [4.78, 5) is 35.9. The highest BCUT2D eigenvalue weighted by Gasteiger charge is 2.34. The van der Waals surface area contributed by atoms with Gasteiger partial charge in [0.05, 0.1) is 17.9 Å². The summed E-state index contributed by atoms with van der Waals surface area (Å²) in [5.41, 5.74) is 3.67. The van der Waals surface area contributed by atoms with Crippen LogP contribution in [0.4, 0.5) is 5.69 Å². The fourth-order valence-electron chi connectivity index (χ4n) is 5.43. The Bertz CT molecular complexity index is 1850. The molecule has 13 heteroatoms. The van der Waals surface area contributed by atoms with Crippen LogP contribution in [-0.4, -0.2) is 69.7 Å². The number of halogens is 1. The van der Waals surface area contributed by atoms with E-state index in [0.717, 1.165) is 21.9 Å².